The lowest BCUT2D eigenvalue weighted by molar-refractivity contribution is 0.0905. The third-order valence-electron chi connectivity index (χ3n) is 6.94. The van der Waals surface area contributed by atoms with Gasteiger partial charge in [0.25, 0.3) is 5.91 Å². The predicted molar refractivity (Wildman–Crippen MR) is 115 cm³/mol. The van der Waals surface area contributed by atoms with Crippen LogP contribution in [0.1, 0.15) is 74.6 Å². The third kappa shape index (κ3) is 5.44. The lowest BCUT2D eigenvalue weighted by Gasteiger charge is -2.33. The lowest BCUT2D eigenvalue weighted by atomic mass is 10.0. The van der Waals surface area contributed by atoms with Crippen LogP contribution in [-0.4, -0.2) is 49.7 Å². The maximum absolute atomic E-state index is 12.8. The Balaban J connectivity index is 1.28. The van der Waals surface area contributed by atoms with E-state index in [-0.39, 0.29) is 18.1 Å². The van der Waals surface area contributed by atoms with Gasteiger partial charge in [-0.2, -0.15) is 0 Å². The minimum Gasteiger partial charge on any atom is -0.493 e. The molecule has 1 aromatic carbocycles. The summed E-state index contributed by atoms with van der Waals surface area (Å²) >= 11 is 0. The molecule has 0 radical (unpaired) electrons. The van der Waals surface area contributed by atoms with Gasteiger partial charge in [-0.25, -0.2) is 0 Å². The molecule has 4 rings (SSSR count). The van der Waals surface area contributed by atoms with Gasteiger partial charge >= 0.3 is 0 Å². The molecule has 5 heteroatoms. The fourth-order valence-corrected chi connectivity index (χ4v) is 5.18. The average Bonchev–Trinajstić information content (AvgIpc) is 3.44. The lowest BCUT2D eigenvalue weighted by Crippen LogP contribution is -2.45. The van der Waals surface area contributed by atoms with Crippen LogP contribution in [0.4, 0.5) is 0 Å². The fraction of sp³-hybridized carbons (Fsp3) is 0.708. The number of carbonyl (C=O) groups is 1. The minimum atomic E-state index is -0.00930. The molecule has 3 aliphatic rings. The number of amides is 1. The Morgan fingerprint density at radius 3 is 2.38 bits per heavy atom. The molecule has 3 fully saturated rings. The van der Waals surface area contributed by atoms with Crippen LogP contribution in [0.5, 0.6) is 11.5 Å². The van der Waals surface area contributed by atoms with Crippen molar-refractivity contribution in [3.63, 3.8) is 0 Å². The number of nitrogens with zero attached hydrogens (tertiary/aromatic N) is 1. The number of nitrogens with one attached hydrogen (secondary N) is 1. The number of hydrogen-bond donors (Lipinski definition) is 1. The van der Waals surface area contributed by atoms with Crippen molar-refractivity contribution in [1.29, 1.82) is 0 Å². The number of likely N-dealkylation sites (tertiary alicyclic amines) is 1. The molecule has 0 bridgehead atoms. The second-order valence-electron chi connectivity index (χ2n) is 9.09. The zero-order valence-corrected chi connectivity index (χ0v) is 17.8. The van der Waals surface area contributed by atoms with Gasteiger partial charge in [0.05, 0.1) is 13.2 Å². The Morgan fingerprint density at radius 2 is 1.69 bits per heavy atom. The molecule has 2 aliphatic carbocycles. The summed E-state index contributed by atoms with van der Waals surface area (Å²) in [6.07, 6.45) is 12.6. The van der Waals surface area contributed by atoms with E-state index in [4.69, 9.17) is 9.47 Å². The highest BCUT2D eigenvalue weighted by atomic mass is 16.5. The van der Waals surface area contributed by atoms with Gasteiger partial charge in [0.15, 0.2) is 11.5 Å². The highest BCUT2D eigenvalue weighted by Gasteiger charge is 2.25. The molecule has 1 saturated heterocycles. The van der Waals surface area contributed by atoms with Gasteiger partial charge in [0.2, 0.25) is 0 Å². The van der Waals surface area contributed by atoms with E-state index in [2.05, 4.69) is 10.2 Å². The maximum atomic E-state index is 12.8. The maximum Gasteiger partial charge on any atom is 0.251 e. The van der Waals surface area contributed by atoms with Crippen LogP contribution in [0.25, 0.3) is 0 Å². The zero-order chi connectivity index (χ0) is 20.1. The number of piperidine rings is 1. The Kier molecular flexibility index (Phi) is 6.96. The van der Waals surface area contributed by atoms with E-state index in [1.54, 1.807) is 7.11 Å². The summed E-state index contributed by atoms with van der Waals surface area (Å²) in [5.41, 5.74) is 0.647. The second-order valence-corrected chi connectivity index (χ2v) is 9.09. The largest absolute Gasteiger partial charge is 0.493 e. The first-order valence-corrected chi connectivity index (χ1v) is 11.6. The zero-order valence-electron chi connectivity index (χ0n) is 17.8. The van der Waals surface area contributed by atoms with Crippen molar-refractivity contribution < 1.29 is 14.3 Å². The van der Waals surface area contributed by atoms with Crippen molar-refractivity contribution in [2.75, 3.05) is 26.7 Å². The van der Waals surface area contributed by atoms with E-state index in [1.807, 2.05) is 18.2 Å². The summed E-state index contributed by atoms with van der Waals surface area (Å²) in [6.45, 7) is 3.44. The van der Waals surface area contributed by atoms with Crippen molar-refractivity contribution >= 4 is 5.91 Å². The molecular weight excluding hydrogens is 364 g/mol. The normalized spacial score (nSPS) is 22.1. The Labute approximate surface area is 175 Å². The second kappa shape index (κ2) is 9.84. The molecule has 1 amide bonds. The number of methoxy groups -OCH3 is 1. The van der Waals surface area contributed by atoms with Crippen LogP contribution in [0, 0.1) is 5.92 Å². The summed E-state index contributed by atoms with van der Waals surface area (Å²) < 4.78 is 11.6. The molecule has 0 spiro atoms. The van der Waals surface area contributed by atoms with Gasteiger partial charge in [-0.3, -0.25) is 4.79 Å². The summed E-state index contributed by atoms with van der Waals surface area (Å²) in [5, 5.41) is 3.23. The molecule has 1 N–H and O–H groups in total. The van der Waals surface area contributed by atoms with E-state index in [9.17, 15) is 4.79 Å². The topological polar surface area (TPSA) is 50.8 Å². The number of rotatable bonds is 7. The van der Waals surface area contributed by atoms with Crippen LogP contribution < -0.4 is 14.8 Å². The standard InChI is InChI=1S/C24H36N2O3/c1-28-23-16-19(10-11-22(23)29-21-8-4-5-9-21)24(27)25-20-12-14-26(15-13-20)17-18-6-2-3-7-18/h10-11,16,18,20-21H,2-9,12-15,17H2,1H3,(H,25,27). The molecule has 1 aromatic rings. The van der Waals surface area contributed by atoms with Crippen LogP contribution >= 0.6 is 0 Å². The first kappa shape index (κ1) is 20.5. The molecular formula is C24H36N2O3. The average molecular weight is 401 g/mol. The van der Waals surface area contributed by atoms with Crippen LogP contribution in [0.3, 0.4) is 0 Å². The molecule has 29 heavy (non-hydrogen) atoms. The van der Waals surface area contributed by atoms with Gasteiger partial charge < -0.3 is 19.7 Å². The fourth-order valence-electron chi connectivity index (χ4n) is 5.18. The van der Waals surface area contributed by atoms with E-state index in [0.29, 0.717) is 11.3 Å². The van der Waals surface area contributed by atoms with Gasteiger partial charge in [-0.15, -0.1) is 0 Å². The number of carbonyl (C=O) groups excluding carboxylic acids is 1. The van der Waals surface area contributed by atoms with Crippen molar-refractivity contribution in [3.05, 3.63) is 23.8 Å². The Morgan fingerprint density at radius 1 is 1.00 bits per heavy atom. The molecule has 0 aromatic heterocycles. The SMILES string of the molecule is COc1cc(C(=O)NC2CCN(CC3CCCC3)CC2)ccc1OC1CCCC1. The Hall–Kier alpha value is -1.75. The van der Waals surface area contributed by atoms with Gasteiger partial charge in [0.1, 0.15) is 0 Å². The van der Waals surface area contributed by atoms with E-state index >= 15 is 0 Å². The minimum absolute atomic E-state index is 0.00930. The highest BCUT2D eigenvalue weighted by Crippen LogP contribution is 2.32. The molecule has 0 atom stereocenters. The van der Waals surface area contributed by atoms with Crippen LogP contribution in [-0.2, 0) is 0 Å². The predicted octanol–water partition coefficient (Wildman–Crippen LogP) is 4.40. The number of hydrogen-bond acceptors (Lipinski definition) is 4. The van der Waals surface area contributed by atoms with Gasteiger partial charge in [-0.1, -0.05) is 12.8 Å². The van der Waals surface area contributed by atoms with Crippen LogP contribution in [0.15, 0.2) is 18.2 Å². The number of ether oxygens (including phenoxy) is 2. The first-order valence-electron chi connectivity index (χ1n) is 11.6. The highest BCUT2D eigenvalue weighted by molar-refractivity contribution is 5.95. The molecule has 2 saturated carbocycles. The quantitative estimate of drug-likeness (QED) is 0.737. The van der Waals surface area contributed by atoms with Crippen molar-refractivity contribution in [2.45, 2.75) is 76.4 Å². The summed E-state index contributed by atoms with van der Waals surface area (Å²) in [7, 11) is 1.64. The summed E-state index contributed by atoms with van der Waals surface area (Å²) in [4.78, 5) is 15.4. The molecule has 160 valence electrons. The van der Waals surface area contributed by atoms with E-state index in [0.717, 1.165) is 50.4 Å². The first-order chi connectivity index (χ1) is 14.2. The van der Waals surface area contributed by atoms with Gasteiger partial charge in [-0.05, 0) is 75.5 Å². The van der Waals surface area contributed by atoms with E-state index in [1.165, 1.54) is 45.1 Å². The third-order valence-corrected chi connectivity index (χ3v) is 6.94. The van der Waals surface area contributed by atoms with Crippen molar-refractivity contribution in [3.8, 4) is 11.5 Å². The molecule has 1 aliphatic heterocycles. The van der Waals surface area contributed by atoms with Crippen molar-refractivity contribution in [1.82, 2.24) is 10.2 Å². The molecule has 1 heterocycles. The summed E-state index contributed by atoms with van der Waals surface area (Å²) in [6, 6.07) is 5.82. The smallest absolute Gasteiger partial charge is 0.251 e. The Bertz CT molecular complexity index is 673. The number of benzene rings is 1. The molecule has 0 unspecified atom stereocenters. The van der Waals surface area contributed by atoms with Crippen LogP contribution in [0.2, 0.25) is 0 Å². The summed E-state index contributed by atoms with van der Waals surface area (Å²) in [5.74, 6) is 2.29. The van der Waals surface area contributed by atoms with Crippen molar-refractivity contribution in [2.24, 2.45) is 5.92 Å². The monoisotopic (exact) mass is 400 g/mol. The molecule has 5 nitrogen and oxygen atoms in total. The van der Waals surface area contributed by atoms with Gasteiger partial charge in [0, 0.05) is 31.2 Å². The van der Waals surface area contributed by atoms with E-state index < -0.39 is 0 Å².